The van der Waals surface area contributed by atoms with Crippen molar-refractivity contribution in [1.82, 2.24) is 10.2 Å². The first-order valence-electron chi connectivity index (χ1n) is 17.3. The summed E-state index contributed by atoms with van der Waals surface area (Å²) in [7, 11) is 6.04. The Kier molecular flexibility index (Phi) is 12.5. The third-order valence-electron chi connectivity index (χ3n) is 10.2. The average Bonchev–Trinajstić information content (AvgIpc) is 3.76. The van der Waals surface area contributed by atoms with Crippen molar-refractivity contribution in [3.8, 4) is 5.75 Å². The Bertz CT molecular complexity index is 1560. The average molecular weight is 734 g/mol. The van der Waals surface area contributed by atoms with Gasteiger partial charge in [-0.15, -0.1) is 0 Å². The molecule has 8 atom stereocenters. The number of allylic oxidation sites excluding steroid dienone is 3. The van der Waals surface area contributed by atoms with Gasteiger partial charge in [0.1, 0.15) is 40.7 Å². The number of amides is 3. The number of benzene rings is 1. The highest BCUT2D eigenvalue weighted by Gasteiger charge is 2.65. The summed E-state index contributed by atoms with van der Waals surface area (Å²) in [6.07, 6.45) is 1.54. The Morgan fingerprint density at radius 3 is 2.51 bits per heavy atom. The minimum Gasteiger partial charge on any atom is -0.495 e. The number of nitrogens with zero attached hydrogens (tertiary/aromatic N) is 2. The smallest absolute Gasteiger partial charge is 0.409 e. The van der Waals surface area contributed by atoms with Crippen molar-refractivity contribution in [3.63, 3.8) is 0 Å². The molecule has 282 valence electrons. The number of hydrogen-bond acceptors (Lipinski definition) is 10. The number of methoxy groups -OCH3 is 2. The van der Waals surface area contributed by atoms with Gasteiger partial charge >= 0.3 is 12.1 Å². The van der Waals surface area contributed by atoms with E-state index in [0.717, 1.165) is 11.1 Å². The normalized spacial score (nSPS) is 32.1. The summed E-state index contributed by atoms with van der Waals surface area (Å²) in [6, 6.07) is 2.63. The van der Waals surface area contributed by atoms with Crippen molar-refractivity contribution in [1.29, 1.82) is 0 Å². The van der Waals surface area contributed by atoms with Crippen LogP contribution in [0.5, 0.6) is 5.75 Å². The predicted octanol–water partition coefficient (Wildman–Crippen LogP) is 4.56. The zero-order valence-electron chi connectivity index (χ0n) is 31.2. The number of anilines is 1. The lowest BCUT2D eigenvalue weighted by atomic mass is 9.81. The first-order chi connectivity index (χ1) is 23.9. The predicted molar refractivity (Wildman–Crippen MR) is 190 cm³/mol. The number of fused-ring (bicyclic) bond motifs is 5. The van der Waals surface area contributed by atoms with Crippen LogP contribution in [0.3, 0.4) is 0 Å². The summed E-state index contributed by atoms with van der Waals surface area (Å²) in [5, 5.41) is 14.6. The number of rotatable bonds is 7. The maximum atomic E-state index is 14.1. The fraction of sp³-hybridized carbons (Fsp3) is 0.622. The summed E-state index contributed by atoms with van der Waals surface area (Å²) in [4.78, 5) is 56.2. The molecule has 3 aliphatic heterocycles. The number of esters is 1. The first-order valence-corrected chi connectivity index (χ1v) is 17.6. The van der Waals surface area contributed by atoms with E-state index in [1.54, 1.807) is 59.0 Å². The van der Waals surface area contributed by atoms with Gasteiger partial charge < -0.3 is 38.6 Å². The second kappa shape index (κ2) is 15.9. The molecule has 0 saturated carbocycles. The van der Waals surface area contributed by atoms with E-state index in [2.05, 4.69) is 5.32 Å². The molecule has 0 unspecified atom stereocenters. The molecule has 0 radical (unpaired) electrons. The Morgan fingerprint density at radius 2 is 1.90 bits per heavy atom. The van der Waals surface area contributed by atoms with Crippen LogP contribution in [0.2, 0.25) is 5.02 Å². The molecule has 13 nitrogen and oxygen atoms in total. The quantitative estimate of drug-likeness (QED) is 0.301. The number of halogens is 1. The third kappa shape index (κ3) is 8.54. The van der Waals surface area contributed by atoms with E-state index in [0.29, 0.717) is 24.3 Å². The molecule has 51 heavy (non-hydrogen) atoms. The highest BCUT2D eigenvalue weighted by atomic mass is 35.5. The minimum absolute atomic E-state index is 0.0336. The molecule has 1 aromatic rings. The van der Waals surface area contributed by atoms with E-state index in [1.807, 2.05) is 19.9 Å². The third-order valence-corrected chi connectivity index (χ3v) is 10.6. The molecule has 2 fully saturated rings. The van der Waals surface area contributed by atoms with Gasteiger partial charge in [0.25, 0.3) is 0 Å². The highest BCUT2D eigenvalue weighted by Crippen LogP contribution is 2.50. The number of hydrogen-bond donors (Lipinski definition) is 2. The Hall–Kier alpha value is -3.65. The van der Waals surface area contributed by atoms with E-state index in [9.17, 15) is 24.3 Å². The van der Waals surface area contributed by atoms with Crippen molar-refractivity contribution < 1.29 is 48.0 Å². The van der Waals surface area contributed by atoms with Crippen molar-refractivity contribution in [2.45, 2.75) is 109 Å². The van der Waals surface area contributed by atoms with E-state index in [4.69, 9.17) is 35.3 Å². The Labute approximate surface area is 305 Å². The van der Waals surface area contributed by atoms with Gasteiger partial charge in [-0.25, -0.2) is 9.59 Å². The van der Waals surface area contributed by atoms with Gasteiger partial charge in [-0.3, -0.25) is 14.9 Å². The van der Waals surface area contributed by atoms with Crippen LogP contribution in [-0.2, 0) is 39.8 Å². The van der Waals surface area contributed by atoms with Gasteiger partial charge in [-0.2, -0.15) is 0 Å². The van der Waals surface area contributed by atoms with Gasteiger partial charge in [0.05, 0.1) is 25.3 Å². The zero-order valence-corrected chi connectivity index (χ0v) is 31.9. The fourth-order valence-electron chi connectivity index (χ4n) is 6.91. The van der Waals surface area contributed by atoms with E-state index >= 15 is 0 Å². The molecule has 3 amide bonds. The number of aliphatic hydroxyl groups is 1. The first kappa shape index (κ1) is 40.1. The molecule has 0 aliphatic carbocycles. The Morgan fingerprint density at radius 1 is 1.22 bits per heavy atom. The number of likely N-dealkylation sites (N-methyl/N-ethyl adjacent to an activating group) is 1. The summed E-state index contributed by atoms with van der Waals surface area (Å²) in [5.74, 6) is -1.82. The molecule has 4 rings (SSSR count). The maximum Gasteiger partial charge on any atom is 0.409 e. The van der Waals surface area contributed by atoms with Crippen LogP contribution in [0.25, 0.3) is 0 Å². The van der Waals surface area contributed by atoms with Gasteiger partial charge in [-0.1, -0.05) is 56.2 Å². The molecule has 2 saturated heterocycles. The second-order valence-corrected chi connectivity index (χ2v) is 14.6. The number of carbonyl (C=O) groups is 4. The Balaban J connectivity index is 1.81. The van der Waals surface area contributed by atoms with Crippen molar-refractivity contribution >= 4 is 41.2 Å². The second-order valence-electron chi connectivity index (χ2n) is 14.2. The monoisotopic (exact) mass is 733 g/mol. The lowest BCUT2D eigenvalue weighted by molar-refractivity contribution is -0.162. The van der Waals surface area contributed by atoms with Gasteiger partial charge in [0.2, 0.25) is 11.8 Å². The minimum atomic E-state index is -1.82. The maximum absolute atomic E-state index is 14.1. The molecule has 0 spiro atoms. The van der Waals surface area contributed by atoms with Gasteiger partial charge in [0, 0.05) is 39.5 Å². The molecule has 14 heteroatoms. The highest BCUT2D eigenvalue weighted by molar-refractivity contribution is 6.35. The van der Waals surface area contributed by atoms with Gasteiger partial charge in [-0.05, 0) is 51.3 Å². The SMILES string of the molecule is CC[C@@H]1[C@H]2O[C@]2(C)[C@H](OC(=O)[C@@H](C)N(C)C(=O)C(C)C)CC(=O)N(C)c2cc(cc(OC)c2Cl)C/C(C)=C/C=C/[C@H](OC)[C@]2(O)C[C@H]1OC(=O)N2. The number of carbonyl (C=O) groups excluding carboxylic acids is 4. The van der Waals surface area contributed by atoms with Crippen LogP contribution < -0.4 is 15.0 Å². The lowest BCUT2D eigenvalue weighted by Crippen LogP contribution is -2.63. The van der Waals surface area contributed by atoms with Crippen LogP contribution in [-0.4, -0.2) is 104 Å². The number of ether oxygens (including phenoxy) is 5. The molecule has 3 aliphatic rings. The summed E-state index contributed by atoms with van der Waals surface area (Å²) in [5.41, 5.74) is -0.874. The number of alkyl carbamates (subject to hydrolysis) is 1. The van der Waals surface area contributed by atoms with E-state index in [1.165, 1.54) is 31.1 Å². The van der Waals surface area contributed by atoms with Crippen LogP contribution in [0.4, 0.5) is 10.5 Å². The summed E-state index contributed by atoms with van der Waals surface area (Å²) >= 11 is 6.75. The van der Waals surface area contributed by atoms with Crippen molar-refractivity contribution in [3.05, 3.63) is 46.5 Å². The number of nitrogens with one attached hydrogen (secondary N) is 1. The molecule has 4 bridgehead atoms. The lowest BCUT2D eigenvalue weighted by Gasteiger charge is -2.42. The largest absolute Gasteiger partial charge is 0.495 e. The summed E-state index contributed by atoms with van der Waals surface area (Å²) in [6.45, 7) is 10.6. The molecule has 3 heterocycles. The molecular weight excluding hydrogens is 682 g/mol. The van der Waals surface area contributed by atoms with Crippen molar-refractivity contribution in [2.24, 2.45) is 11.8 Å². The molecule has 0 aromatic heterocycles. The van der Waals surface area contributed by atoms with E-state index < -0.39 is 65.7 Å². The van der Waals surface area contributed by atoms with E-state index in [-0.39, 0.29) is 29.7 Å². The topological polar surface area (TPSA) is 156 Å². The molecular formula is C37H52ClN3O10. The standard InChI is InChI=1S/C37H52ClN3O10/c1-11-24-27-19-37(46,39-35(45)49-27)28(48-10)14-12-13-21(4)15-23-16-25(31(38)26(17-23)47-9)41(8)30(42)18-29(36(6)32(24)51-36)50-34(44)22(5)40(7)33(43)20(2)3/h12-14,16-17,20,22,24,27-29,32,46H,11,15,18-19H2,1-10H3,(H,39,45)/b14-12+,21-13+/t22-,24+,27-,28+,29-,32-,36-,37-/m1/s1. The summed E-state index contributed by atoms with van der Waals surface area (Å²) < 4.78 is 29.4. The van der Waals surface area contributed by atoms with Gasteiger partial charge in [0.15, 0.2) is 5.72 Å². The van der Waals surface area contributed by atoms with Crippen LogP contribution >= 0.6 is 11.6 Å². The fourth-order valence-corrected chi connectivity index (χ4v) is 7.22. The zero-order chi connectivity index (χ0) is 38.0. The van der Waals surface area contributed by atoms with Crippen molar-refractivity contribution in [2.75, 3.05) is 33.2 Å². The van der Waals surface area contributed by atoms with Crippen LogP contribution in [0, 0.1) is 11.8 Å². The van der Waals surface area contributed by atoms with Crippen LogP contribution in [0.15, 0.2) is 35.9 Å². The van der Waals surface area contributed by atoms with Crippen LogP contribution in [0.1, 0.15) is 66.4 Å². The molecule has 1 aromatic carbocycles. The molecule has 2 N–H and O–H groups in total. The number of epoxide rings is 1.